The quantitative estimate of drug-likeness (QED) is 0.693. The van der Waals surface area contributed by atoms with Gasteiger partial charge in [0.1, 0.15) is 0 Å². The highest BCUT2D eigenvalue weighted by atomic mass is 16.3. The van der Waals surface area contributed by atoms with E-state index in [1.807, 2.05) is 19.0 Å². The second-order valence-corrected chi connectivity index (χ2v) is 4.22. The fraction of sp³-hybridized carbons (Fsp3) is 0.462. The molecule has 1 aromatic rings. The molecule has 1 rings (SSSR count). The zero-order valence-electron chi connectivity index (χ0n) is 10.9. The molecule has 0 fully saturated rings. The van der Waals surface area contributed by atoms with Crippen molar-refractivity contribution in [1.29, 1.82) is 0 Å². The number of hydrogen-bond acceptors (Lipinski definition) is 3. The van der Waals surface area contributed by atoms with Gasteiger partial charge in [-0.15, -0.1) is 0 Å². The molecule has 1 aromatic carbocycles. The van der Waals surface area contributed by atoms with Crippen LogP contribution in [0.1, 0.15) is 5.56 Å². The van der Waals surface area contributed by atoms with Crippen LogP contribution in [0.5, 0.6) is 0 Å². The first-order valence-corrected chi connectivity index (χ1v) is 6.02. The van der Waals surface area contributed by atoms with Crippen LogP contribution in [0.15, 0.2) is 24.3 Å². The molecule has 5 nitrogen and oxygen atoms in total. The molecule has 0 aliphatic rings. The van der Waals surface area contributed by atoms with Gasteiger partial charge in [0.15, 0.2) is 0 Å². The minimum absolute atomic E-state index is 0.0422. The lowest BCUT2D eigenvalue weighted by Gasteiger charge is -2.12. The summed E-state index contributed by atoms with van der Waals surface area (Å²) in [7, 11) is 4.00. The molecule has 3 N–H and O–H groups in total. The summed E-state index contributed by atoms with van der Waals surface area (Å²) in [6.45, 7) is 0.821. The molecule has 0 radical (unpaired) electrons. The Bertz CT molecular complexity index is 363. The minimum Gasteiger partial charge on any atom is -0.395 e. The smallest absolute Gasteiger partial charge is 0.314 e. The first kappa shape index (κ1) is 14.3. The Balaban J connectivity index is 2.29. The topological polar surface area (TPSA) is 64.6 Å². The van der Waals surface area contributed by atoms with Gasteiger partial charge < -0.3 is 20.6 Å². The lowest BCUT2D eigenvalue weighted by Crippen LogP contribution is -2.37. The lowest BCUT2D eigenvalue weighted by molar-refractivity contribution is 0.234. The van der Waals surface area contributed by atoms with Crippen molar-refractivity contribution < 1.29 is 9.90 Å². The van der Waals surface area contributed by atoms with Gasteiger partial charge in [0, 0.05) is 32.9 Å². The molecule has 0 unspecified atom stereocenters. The highest BCUT2D eigenvalue weighted by Gasteiger charge is 1.99. The van der Waals surface area contributed by atoms with Gasteiger partial charge in [-0.3, -0.25) is 0 Å². The molecule has 0 spiro atoms. The highest BCUT2D eigenvalue weighted by molar-refractivity contribution is 5.73. The van der Waals surface area contributed by atoms with Gasteiger partial charge in [0.2, 0.25) is 0 Å². The Morgan fingerprint density at radius 1 is 1.17 bits per heavy atom. The van der Waals surface area contributed by atoms with E-state index >= 15 is 0 Å². The standard InChI is InChI=1S/C13H21N3O2/c1-16(2)12-5-3-11(4-6-12)7-8-14-13(18)15-9-10-17/h3-6,17H,7-10H2,1-2H3,(H2,14,15,18). The zero-order valence-corrected chi connectivity index (χ0v) is 10.9. The predicted octanol–water partition coefficient (Wildman–Crippen LogP) is 0.587. The number of rotatable bonds is 6. The maximum absolute atomic E-state index is 11.2. The zero-order chi connectivity index (χ0) is 13.4. The number of amides is 2. The van der Waals surface area contributed by atoms with Gasteiger partial charge in [-0.1, -0.05) is 12.1 Å². The SMILES string of the molecule is CN(C)c1ccc(CCNC(=O)NCCO)cc1. The van der Waals surface area contributed by atoms with Crippen molar-refractivity contribution in [2.45, 2.75) is 6.42 Å². The lowest BCUT2D eigenvalue weighted by atomic mass is 10.1. The third kappa shape index (κ3) is 5.05. The third-order valence-corrected chi connectivity index (χ3v) is 2.55. The Labute approximate surface area is 108 Å². The van der Waals surface area contributed by atoms with Gasteiger partial charge in [0.25, 0.3) is 0 Å². The highest BCUT2D eigenvalue weighted by Crippen LogP contribution is 2.12. The van der Waals surface area contributed by atoms with Gasteiger partial charge in [-0.05, 0) is 24.1 Å². The molecule has 0 bridgehead atoms. The third-order valence-electron chi connectivity index (χ3n) is 2.55. The first-order valence-electron chi connectivity index (χ1n) is 6.02. The van der Waals surface area contributed by atoms with Crippen LogP contribution in [-0.2, 0) is 6.42 Å². The molecule has 0 saturated heterocycles. The van der Waals surface area contributed by atoms with E-state index in [2.05, 4.69) is 34.9 Å². The van der Waals surface area contributed by atoms with Gasteiger partial charge in [0.05, 0.1) is 6.61 Å². The summed E-state index contributed by atoms with van der Waals surface area (Å²) < 4.78 is 0. The van der Waals surface area contributed by atoms with E-state index in [1.165, 1.54) is 5.56 Å². The van der Waals surface area contributed by atoms with Gasteiger partial charge in [-0.2, -0.15) is 0 Å². The van der Waals surface area contributed by atoms with Gasteiger partial charge >= 0.3 is 6.03 Å². The van der Waals surface area contributed by atoms with Crippen molar-refractivity contribution in [1.82, 2.24) is 10.6 Å². The summed E-state index contributed by atoms with van der Waals surface area (Å²) in [5, 5.41) is 13.8. The summed E-state index contributed by atoms with van der Waals surface area (Å²) in [5.41, 5.74) is 2.34. The van der Waals surface area contributed by atoms with Crippen LogP contribution in [-0.4, -0.2) is 44.9 Å². The van der Waals surface area contributed by atoms with E-state index in [9.17, 15) is 4.79 Å². The number of urea groups is 1. The van der Waals surface area contributed by atoms with Crippen molar-refractivity contribution in [3.05, 3.63) is 29.8 Å². The number of anilines is 1. The summed E-state index contributed by atoms with van der Waals surface area (Å²) in [6, 6.07) is 7.99. The van der Waals surface area contributed by atoms with E-state index in [4.69, 9.17) is 5.11 Å². The number of carbonyl (C=O) groups excluding carboxylic acids is 1. The molecule has 0 aromatic heterocycles. The average molecular weight is 251 g/mol. The van der Waals surface area contributed by atoms with E-state index in [1.54, 1.807) is 0 Å². The number of aliphatic hydroxyl groups excluding tert-OH is 1. The Kier molecular flexibility index (Phi) is 6.00. The van der Waals surface area contributed by atoms with Crippen molar-refractivity contribution in [2.75, 3.05) is 38.7 Å². The van der Waals surface area contributed by atoms with Crippen LogP contribution in [0.3, 0.4) is 0 Å². The van der Waals surface area contributed by atoms with E-state index in [-0.39, 0.29) is 19.2 Å². The maximum atomic E-state index is 11.2. The Morgan fingerprint density at radius 2 is 1.78 bits per heavy atom. The normalized spacial score (nSPS) is 9.94. The molecule has 100 valence electrons. The molecular formula is C13H21N3O2. The van der Waals surface area contributed by atoms with Crippen LogP contribution in [0.25, 0.3) is 0 Å². The number of benzene rings is 1. The van der Waals surface area contributed by atoms with Crippen LogP contribution in [0.2, 0.25) is 0 Å². The van der Waals surface area contributed by atoms with Crippen molar-refractivity contribution in [3.8, 4) is 0 Å². The second-order valence-electron chi connectivity index (χ2n) is 4.22. The maximum Gasteiger partial charge on any atom is 0.314 e. The van der Waals surface area contributed by atoms with Crippen LogP contribution < -0.4 is 15.5 Å². The molecule has 0 heterocycles. The van der Waals surface area contributed by atoms with Crippen LogP contribution in [0, 0.1) is 0 Å². The molecule has 0 aliphatic carbocycles. The molecule has 0 saturated carbocycles. The number of nitrogens with zero attached hydrogens (tertiary/aromatic N) is 1. The fourth-order valence-electron chi connectivity index (χ4n) is 1.51. The monoisotopic (exact) mass is 251 g/mol. The van der Waals surface area contributed by atoms with Crippen molar-refractivity contribution in [3.63, 3.8) is 0 Å². The first-order chi connectivity index (χ1) is 8.63. The summed E-state index contributed by atoms with van der Waals surface area (Å²) >= 11 is 0. The molecule has 0 atom stereocenters. The predicted molar refractivity (Wildman–Crippen MR) is 73.0 cm³/mol. The van der Waals surface area contributed by atoms with Crippen LogP contribution in [0.4, 0.5) is 10.5 Å². The second kappa shape index (κ2) is 7.55. The molecule has 2 amide bonds. The van der Waals surface area contributed by atoms with Gasteiger partial charge in [-0.25, -0.2) is 4.79 Å². The fourth-order valence-corrected chi connectivity index (χ4v) is 1.51. The summed E-state index contributed by atoms with van der Waals surface area (Å²) in [5.74, 6) is 0. The molecular weight excluding hydrogens is 230 g/mol. The number of nitrogens with one attached hydrogen (secondary N) is 2. The molecule has 0 aliphatic heterocycles. The summed E-state index contributed by atoms with van der Waals surface area (Å²) in [6.07, 6.45) is 0.792. The summed E-state index contributed by atoms with van der Waals surface area (Å²) in [4.78, 5) is 13.2. The van der Waals surface area contributed by atoms with Crippen molar-refractivity contribution >= 4 is 11.7 Å². The Morgan fingerprint density at radius 3 is 2.33 bits per heavy atom. The largest absolute Gasteiger partial charge is 0.395 e. The number of hydrogen-bond donors (Lipinski definition) is 3. The number of carbonyl (C=O) groups is 1. The molecule has 5 heteroatoms. The number of aliphatic hydroxyl groups is 1. The van der Waals surface area contributed by atoms with E-state index in [0.717, 1.165) is 12.1 Å². The molecule has 18 heavy (non-hydrogen) atoms. The Hall–Kier alpha value is -1.75. The minimum atomic E-state index is -0.242. The van der Waals surface area contributed by atoms with Crippen LogP contribution >= 0.6 is 0 Å². The van der Waals surface area contributed by atoms with Crippen molar-refractivity contribution in [2.24, 2.45) is 0 Å². The van der Waals surface area contributed by atoms with E-state index < -0.39 is 0 Å². The van der Waals surface area contributed by atoms with E-state index in [0.29, 0.717) is 6.54 Å². The average Bonchev–Trinajstić information content (AvgIpc) is 2.37.